The summed E-state index contributed by atoms with van der Waals surface area (Å²) in [6, 6.07) is 0.863. The van der Waals surface area contributed by atoms with Crippen LogP contribution in [-0.4, -0.2) is 36.6 Å². The van der Waals surface area contributed by atoms with E-state index in [1.807, 2.05) is 0 Å². The fourth-order valence-electron chi connectivity index (χ4n) is 3.23. The van der Waals surface area contributed by atoms with E-state index in [4.69, 9.17) is 0 Å². The van der Waals surface area contributed by atoms with Crippen molar-refractivity contribution in [1.82, 2.24) is 10.2 Å². The zero-order chi connectivity index (χ0) is 10.7. The molecule has 1 aliphatic carbocycles. The first-order valence-corrected chi connectivity index (χ1v) is 6.66. The Morgan fingerprint density at radius 2 is 1.62 bits per heavy atom. The molecule has 0 aromatic rings. The third-order valence-corrected chi connectivity index (χ3v) is 4.65. The van der Waals surface area contributed by atoms with E-state index in [1.54, 1.807) is 0 Å². The van der Waals surface area contributed by atoms with Crippen LogP contribution < -0.4 is 5.32 Å². The smallest absolute Gasteiger partial charge is 0.0205 e. The molecule has 2 fully saturated rings. The minimum atomic E-state index is 0. The maximum Gasteiger partial charge on any atom is 0.0205 e. The van der Waals surface area contributed by atoms with E-state index in [2.05, 4.69) is 24.2 Å². The molecule has 1 saturated heterocycles. The van der Waals surface area contributed by atoms with Crippen LogP contribution in [0.25, 0.3) is 0 Å². The van der Waals surface area contributed by atoms with Gasteiger partial charge in [-0.25, -0.2) is 0 Å². The van der Waals surface area contributed by atoms with E-state index in [0.29, 0.717) is 5.54 Å². The molecule has 1 saturated carbocycles. The summed E-state index contributed by atoms with van der Waals surface area (Å²) in [6.07, 6.45) is 9.86. The standard InChI is InChI=1S/C13H26N2.ClH/c1-13(8-10-14-11-9-13)15(2)12-6-4-3-5-7-12;/h12,14H,3-11H2,1-2H3;1H. The van der Waals surface area contributed by atoms with Gasteiger partial charge in [0.25, 0.3) is 0 Å². The average molecular weight is 247 g/mol. The zero-order valence-electron chi connectivity index (χ0n) is 10.8. The number of hydrogen-bond acceptors (Lipinski definition) is 2. The Morgan fingerprint density at radius 3 is 2.19 bits per heavy atom. The molecule has 96 valence electrons. The zero-order valence-corrected chi connectivity index (χ0v) is 11.6. The normalized spacial score (nSPS) is 26.4. The predicted molar refractivity (Wildman–Crippen MR) is 72.4 cm³/mol. The highest BCUT2D eigenvalue weighted by atomic mass is 35.5. The van der Waals surface area contributed by atoms with Crippen molar-refractivity contribution in [3.63, 3.8) is 0 Å². The van der Waals surface area contributed by atoms with E-state index in [0.717, 1.165) is 6.04 Å². The molecule has 2 nitrogen and oxygen atoms in total. The molecular weight excluding hydrogens is 220 g/mol. The number of piperidine rings is 1. The van der Waals surface area contributed by atoms with Crippen LogP contribution >= 0.6 is 12.4 Å². The second-order valence-electron chi connectivity index (χ2n) is 5.65. The van der Waals surface area contributed by atoms with Crippen LogP contribution in [0.2, 0.25) is 0 Å². The van der Waals surface area contributed by atoms with Crippen molar-refractivity contribution >= 4 is 12.4 Å². The Labute approximate surface area is 107 Å². The van der Waals surface area contributed by atoms with Gasteiger partial charge in [0.2, 0.25) is 0 Å². The highest BCUT2D eigenvalue weighted by molar-refractivity contribution is 5.85. The van der Waals surface area contributed by atoms with E-state index < -0.39 is 0 Å². The minimum Gasteiger partial charge on any atom is -0.317 e. The molecule has 16 heavy (non-hydrogen) atoms. The van der Waals surface area contributed by atoms with E-state index in [9.17, 15) is 0 Å². The highest BCUT2D eigenvalue weighted by Crippen LogP contribution is 2.31. The molecule has 0 amide bonds. The van der Waals surface area contributed by atoms with Gasteiger partial charge in [-0.1, -0.05) is 19.3 Å². The largest absolute Gasteiger partial charge is 0.317 e. The molecule has 3 heteroatoms. The lowest BCUT2D eigenvalue weighted by Crippen LogP contribution is -2.54. The highest BCUT2D eigenvalue weighted by Gasteiger charge is 2.35. The van der Waals surface area contributed by atoms with Crippen molar-refractivity contribution in [2.45, 2.75) is 63.5 Å². The van der Waals surface area contributed by atoms with Gasteiger partial charge in [-0.15, -0.1) is 12.4 Å². The van der Waals surface area contributed by atoms with Gasteiger partial charge in [-0.2, -0.15) is 0 Å². The van der Waals surface area contributed by atoms with Gasteiger partial charge in [0.15, 0.2) is 0 Å². The summed E-state index contributed by atoms with van der Waals surface area (Å²) < 4.78 is 0. The Bertz CT molecular complexity index is 196. The number of nitrogens with one attached hydrogen (secondary N) is 1. The molecule has 0 aromatic heterocycles. The molecule has 0 radical (unpaired) electrons. The van der Waals surface area contributed by atoms with Gasteiger partial charge < -0.3 is 5.32 Å². The molecule has 2 rings (SSSR count). The molecule has 0 unspecified atom stereocenters. The van der Waals surface area contributed by atoms with Crippen LogP contribution in [0.3, 0.4) is 0 Å². The molecule has 1 heterocycles. The second-order valence-corrected chi connectivity index (χ2v) is 5.65. The van der Waals surface area contributed by atoms with Crippen molar-refractivity contribution in [1.29, 1.82) is 0 Å². The first kappa shape index (κ1) is 14.3. The summed E-state index contributed by atoms with van der Waals surface area (Å²) in [5, 5.41) is 3.47. The Morgan fingerprint density at radius 1 is 1.06 bits per heavy atom. The third-order valence-electron chi connectivity index (χ3n) is 4.65. The maximum absolute atomic E-state index is 3.47. The van der Waals surface area contributed by atoms with Gasteiger partial charge in [0, 0.05) is 11.6 Å². The monoisotopic (exact) mass is 246 g/mol. The number of hydrogen-bond donors (Lipinski definition) is 1. The molecule has 1 aliphatic heterocycles. The second kappa shape index (κ2) is 6.23. The Hall–Kier alpha value is 0.210. The number of rotatable bonds is 2. The molecule has 1 N–H and O–H groups in total. The van der Waals surface area contributed by atoms with Crippen LogP contribution in [0.4, 0.5) is 0 Å². The summed E-state index contributed by atoms with van der Waals surface area (Å²) in [4.78, 5) is 2.70. The van der Waals surface area contributed by atoms with Gasteiger partial charge in [-0.3, -0.25) is 4.90 Å². The van der Waals surface area contributed by atoms with Crippen molar-refractivity contribution in [3.05, 3.63) is 0 Å². The summed E-state index contributed by atoms with van der Waals surface area (Å²) in [5.74, 6) is 0. The van der Waals surface area contributed by atoms with Crippen molar-refractivity contribution in [2.75, 3.05) is 20.1 Å². The molecule has 0 bridgehead atoms. The van der Waals surface area contributed by atoms with Crippen molar-refractivity contribution in [2.24, 2.45) is 0 Å². The third kappa shape index (κ3) is 3.12. The van der Waals surface area contributed by atoms with Crippen molar-refractivity contribution in [3.8, 4) is 0 Å². The van der Waals surface area contributed by atoms with E-state index in [1.165, 1.54) is 58.0 Å². The summed E-state index contributed by atoms with van der Waals surface area (Å²) >= 11 is 0. The lowest BCUT2D eigenvalue weighted by atomic mass is 9.84. The van der Waals surface area contributed by atoms with Crippen LogP contribution in [0.5, 0.6) is 0 Å². The van der Waals surface area contributed by atoms with Crippen LogP contribution in [0.1, 0.15) is 51.9 Å². The summed E-state index contributed by atoms with van der Waals surface area (Å²) in [5.41, 5.74) is 0.466. The number of nitrogens with zero attached hydrogens (tertiary/aromatic N) is 1. The van der Waals surface area contributed by atoms with Gasteiger partial charge in [0.05, 0.1) is 0 Å². The fourth-order valence-corrected chi connectivity index (χ4v) is 3.23. The van der Waals surface area contributed by atoms with Crippen LogP contribution in [0, 0.1) is 0 Å². The van der Waals surface area contributed by atoms with Crippen LogP contribution in [0.15, 0.2) is 0 Å². The molecule has 0 atom stereocenters. The first-order valence-electron chi connectivity index (χ1n) is 6.66. The van der Waals surface area contributed by atoms with E-state index in [-0.39, 0.29) is 12.4 Å². The van der Waals surface area contributed by atoms with Gasteiger partial charge >= 0.3 is 0 Å². The van der Waals surface area contributed by atoms with Crippen molar-refractivity contribution < 1.29 is 0 Å². The topological polar surface area (TPSA) is 15.3 Å². The minimum absolute atomic E-state index is 0. The number of halogens is 1. The van der Waals surface area contributed by atoms with Gasteiger partial charge in [0.1, 0.15) is 0 Å². The summed E-state index contributed by atoms with van der Waals surface area (Å²) in [6.45, 7) is 4.86. The van der Waals surface area contributed by atoms with Gasteiger partial charge in [-0.05, 0) is 52.7 Å². The molecule has 0 aromatic carbocycles. The van der Waals surface area contributed by atoms with Crippen LogP contribution in [-0.2, 0) is 0 Å². The Kier molecular flexibility index (Phi) is 5.55. The quantitative estimate of drug-likeness (QED) is 0.806. The predicted octanol–water partition coefficient (Wildman–Crippen LogP) is 2.81. The fraction of sp³-hybridized carbons (Fsp3) is 1.00. The summed E-state index contributed by atoms with van der Waals surface area (Å²) in [7, 11) is 2.36. The maximum atomic E-state index is 3.47. The lowest BCUT2D eigenvalue weighted by Gasteiger charge is -2.47. The SMILES string of the molecule is CN(C1CCCCC1)C1(C)CCNCC1.Cl. The molecule has 0 spiro atoms. The van der Waals surface area contributed by atoms with E-state index >= 15 is 0 Å². The Balaban J connectivity index is 0.00000128. The molecule has 2 aliphatic rings. The molecular formula is C13H27ClN2. The lowest BCUT2D eigenvalue weighted by molar-refractivity contribution is 0.0412. The first-order chi connectivity index (χ1) is 7.22. The average Bonchev–Trinajstić information content (AvgIpc) is 2.30.